The molecule has 0 aromatic rings. The molecule has 0 bridgehead atoms. The molecule has 2 heterocycles. The molecule has 0 aromatic carbocycles. The molecule has 2 rings (SSSR count). The molecule has 2 aliphatic heterocycles. The number of likely N-dealkylation sites (tertiary alicyclic amines) is 1. The molecule has 4 nitrogen and oxygen atoms in total. The number of hydrogen-bond acceptors (Lipinski definition) is 6. The third kappa shape index (κ3) is 3.75. The second kappa shape index (κ2) is 6.63. The first-order valence-electron chi connectivity index (χ1n) is 6.41. The van der Waals surface area contributed by atoms with E-state index in [1.807, 2.05) is 21.8 Å². The van der Waals surface area contributed by atoms with Gasteiger partial charge in [0.1, 0.15) is 0 Å². The summed E-state index contributed by atoms with van der Waals surface area (Å²) in [5.74, 6) is 0.670. The van der Waals surface area contributed by atoms with Gasteiger partial charge >= 0.3 is 0 Å². The van der Waals surface area contributed by atoms with E-state index < -0.39 is 0 Å². The Balaban J connectivity index is 1.68. The highest BCUT2D eigenvalue weighted by atomic mass is 33.1. The summed E-state index contributed by atoms with van der Waals surface area (Å²) in [5, 5.41) is 10.3. The molecular weight excluding hydrogens is 254 g/mol. The molecule has 2 fully saturated rings. The van der Waals surface area contributed by atoms with Gasteiger partial charge in [-0.15, -0.1) is 0 Å². The molecule has 6 heteroatoms. The number of nitrogens with two attached hydrogens (primary N) is 1. The Morgan fingerprint density at radius 3 is 2.76 bits per heavy atom. The molecule has 17 heavy (non-hydrogen) atoms. The number of β-amino-alcohol motifs (C(OH)–C–C–N with tert-alkyl or cyclic N) is 1. The van der Waals surface area contributed by atoms with E-state index in [1.165, 1.54) is 6.42 Å². The Kier molecular flexibility index (Phi) is 5.45. The fourth-order valence-electron chi connectivity index (χ4n) is 2.36. The Morgan fingerprint density at radius 1 is 1.35 bits per heavy atom. The molecule has 100 valence electrons. The minimum absolute atomic E-state index is 0.166. The molecule has 0 radical (unpaired) electrons. The Morgan fingerprint density at radius 2 is 2.18 bits per heavy atom. The van der Waals surface area contributed by atoms with Crippen molar-refractivity contribution in [3.63, 3.8) is 0 Å². The zero-order valence-corrected chi connectivity index (χ0v) is 12.1. The van der Waals surface area contributed by atoms with Gasteiger partial charge in [0.25, 0.3) is 0 Å². The minimum atomic E-state index is -0.166. The van der Waals surface area contributed by atoms with Gasteiger partial charge in [-0.2, -0.15) is 0 Å². The van der Waals surface area contributed by atoms with Crippen LogP contribution in [0.15, 0.2) is 0 Å². The summed E-state index contributed by atoms with van der Waals surface area (Å²) < 4.78 is 2.39. The number of hydrogen-bond donors (Lipinski definition) is 2. The zero-order chi connectivity index (χ0) is 12.3. The van der Waals surface area contributed by atoms with Crippen molar-refractivity contribution < 1.29 is 5.11 Å². The van der Waals surface area contributed by atoms with Crippen LogP contribution in [0.25, 0.3) is 0 Å². The summed E-state index contributed by atoms with van der Waals surface area (Å²) in [6.07, 6.45) is 1.05. The maximum atomic E-state index is 9.95. The Labute approximate surface area is 112 Å². The van der Waals surface area contributed by atoms with Crippen LogP contribution >= 0.6 is 21.8 Å². The average Bonchev–Trinajstić information content (AvgIpc) is 2.93. The third-order valence-corrected chi connectivity index (χ3v) is 6.58. The number of nitrogens with zero attached hydrogens (tertiary/aromatic N) is 2. The third-order valence-electron chi connectivity index (χ3n) is 3.61. The smallest absolute Gasteiger partial charge is 0.0806 e. The van der Waals surface area contributed by atoms with Crippen LogP contribution in [0, 0.1) is 5.92 Å². The maximum absolute atomic E-state index is 9.95. The van der Waals surface area contributed by atoms with Crippen molar-refractivity contribution >= 4 is 21.8 Å². The van der Waals surface area contributed by atoms with Gasteiger partial charge in [-0.25, -0.2) is 4.31 Å². The van der Waals surface area contributed by atoms with Crippen LogP contribution in [0.3, 0.4) is 0 Å². The van der Waals surface area contributed by atoms with Crippen molar-refractivity contribution in [2.24, 2.45) is 11.7 Å². The van der Waals surface area contributed by atoms with E-state index in [-0.39, 0.29) is 6.10 Å². The highest BCUT2D eigenvalue weighted by molar-refractivity contribution is 8.76. The predicted octanol–water partition coefficient (Wildman–Crippen LogP) is 0.628. The Hall–Kier alpha value is 0.540. The van der Waals surface area contributed by atoms with E-state index in [0.717, 1.165) is 39.3 Å². The summed E-state index contributed by atoms with van der Waals surface area (Å²) in [5.41, 5.74) is 5.68. The maximum Gasteiger partial charge on any atom is 0.0806 e. The number of likely N-dealkylation sites (N-methyl/N-ethyl adjacent to an activating group) is 1. The topological polar surface area (TPSA) is 52.7 Å². The second-order valence-electron chi connectivity index (χ2n) is 4.91. The van der Waals surface area contributed by atoms with Crippen LogP contribution in [-0.2, 0) is 0 Å². The van der Waals surface area contributed by atoms with Crippen LogP contribution in [0.2, 0.25) is 0 Å². The van der Waals surface area contributed by atoms with E-state index in [9.17, 15) is 5.11 Å². The van der Waals surface area contributed by atoms with Gasteiger partial charge in [-0.1, -0.05) is 17.7 Å². The van der Waals surface area contributed by atoms with Crippen LogP contribution in [0.5, 0.6) is 0 Å². The molecule has 0 spiro atoms. The molecule has 2 saturated heterocycles. The van der Waals surface area contributed by atoms with Crippen molar-refractivity contribution in [2.45, 2.75) is 24.7 Å². The molecule has 0 aliphatic carbocycles. The van der Waals surface area contributed by atoms with Crippen molar-refractivity contribution in [1.82, 2.24) is 9.21 Å². The molecule has 3 unspecified atom stereocenters. The van der Waals surface area contributed by atoms with Gasteiger partial charge in [0, 0.05) is 26.2 Å². The van der Waals surface area contributed by atoms with Crippen LogP contribution in [0.4, 0.5) is 0 Å². The fraction of sp³-hybridized carbons (Fsp3) is 1.00. The lowest BCUT2D eigenvalue weighted by Crippen LogP contribution is -2.21. The Bertz CT molecular complexity index is 245. The van der Waals surface area contributed by atoms with E-state index >= 15 is 0 Å². The van der Waals surface area contributed by atoms with Gasteiger partial charge < -0.3 is 10.8 Å². The summed E-state index contributed by atoms with van der Waals surface area (Å²) in [4.78, 5) is 2.32. The first-order valence-corrected chi connectivity index (χ1v) is 8.58. The number of rotatable bonds is 5. The first-order chi connectivity index (χ1) is 8.22. The SMILES string of the molecule is CCN1CC(O)C(SSN2CCC(CN)C2)C1. The zero-order valence-electron chi connectivity index (χ0n) is 10.4. The largest absolute Gasteiger partial charge is 0.391 e. The second-order valence-corrected chi connectivity index (χ2v) is 7.40. The number of aliphatic hydroxyl groups excluding tert-OH is 1. The van der Waals surface area contributed by atoms with Gasteiger partial charge in [-0.05, 0) is 36.4 Å². The highest BCUT2D eigenvalue weighted by Gasteiger charge is 2.32. The lowest BCUT2D eigenvalue weighted by Gasteiger charge is -2.18. The van der Waals surface area contributed by atoms with Crippen LogP contribution in [-0.4, -0.2) is 64.9 Å². The molecule has 2 aliphatic rings. The predicted molar refractivity (Wildman–Crippen MR) is 75.8 cm³/mol. The fourth-order valence-corrected chi connectivity index (χ4v) is 5.20. The van der Waals surface area contributed by atoms with Crippen LogP contribution < -0.4 is 5.73 Å². The van der Waals surface area contributed by atoms with E-state index in [2.05, 4.69) is 16.1 Å². The summed E-state index contributed by atoms with van der Waals surface area (Å²) in [6, 6.07) is 0. The van der Waals surface area contributed by atoms with Gasteiger partial charge in [0.05, 0.1) is 11.4 Å². The van der Waals surface area contributed by atoms with Crippen molar-refractivity contribution in [2.75, 3.05) is 39.3 Å². The summed E-state index contributed by atoms with van der Waals surface area (Å²) >= 11 is 0. The summed E-state index contributed by atoms with van der Waals surface area (Å²) in [6.45, 7) is 8.09. The molecule has 0 aromatic heterocycles. The van der Waals surface area contributed by atoms with Gasteiger partial charge in [0.15, 0.2) is 0 Å². The standard InChI is InChI=1S/C11H23N3OS2/c1-2-13-7-10(15)11(8-13)16-17-14-4-3-9(5-12)6-14/h9-11,15H,2-8,12H2,1H3. The van der Waals surface area contributed by atoms with E-state index in [0.29, 0.717) is 11.2 Å². The van der Waals surface area contributed by atoms with Crippen molar-refractivity contribution in [3.05, 3.63) is 0 Å². The monoisotopic (exact) mass is 277 g/mol. The minimum Gasteiger partial charge on any atom is -0.391 e. The lowest BCUT2D eigenvalue weighted by molar-refractivity contribution is 0.181. The van der Waals surface area contributed by atoms with Crippen LogP contribution in [0.1, 0.15) is 13.3 Å². The van der Waals surface area contributed by atoms with Gasteiger partial charge in [-0.3, -0.25) is 4.90 Å². The molecule has 0 amide bonds. The average molecular weight is 277 g/mol. The van der Waals surface area contributed by atoms with E-state index in [1.54, 1.807) is 0 Å². The van der Waals surface area contributed by atoms with E-state index in [4.69, 9.17) is 5.73 Å². The first kappa shape index (κ1) is 14.0. The van der Waals surface area contributed by atoms with Crippen molar-refractivity contribution in [1.29, 1.82) is 0 Å². The lowest BCUT2D eigenvalue weighted by atomic mass is 10.1. The number of aliphatic hydroxyl groups is 1. The molecule has 3 N–H and O–H groups in total. The summed E-state index contributed by atoms with van der Waals surface area (Å²) in [7, 11) is 3.66. The molecule has 0 saturated carbocycles. The highest BCUT2D eigenvalue weighted by Crippen LogP contribution is 2.37. The van der Waals surface area contributed by atoms with Crippen molar-refractivity contribution in [3.8, 4) is 0 Å². The van der Waals surface area contributed by atoms with Gasteiger partial charge in [0.2, 0.25) is 0 Å². The quantitative estimate of drug-likeness (QED) is 0.568. The normalized spacial score (nSPS) is 35.8. The molecule has 3 atom stereocenters. The molecular formula is C11H23N3OS2.